The standard InChI is InChI=1S/C15H21F3N2O/c1-5-10(2)9-20(4)14(21)12-8-11(15(16,17)18)6-7-13(12)19-3/h6-8,10,19H,5,9H2,1-4H3. The summed E-state index contributed by atoms with van der Waals surface area (Å²) < 4.78 is 38.4. The monoisotopic (exact) mass is 302 g/mol. The van der Waals surface area contributed by atoms with E-state index < -0.39 is 17.6 Å². The first-order valence-corrected chi connectivity index (χ1v) is 6.85. The van der Waals surface area contributed by atoms with Gasteiger partial charge in [0.25, 0.3) is 5.91 Å². The first-order valence-electron chi connectivity index (χ1n) is 6.85. The predicted molar refractivity (Wildman–Crippen MR) is 77.4 cm³/mol. The highest BCUT2D eigenvalue weighted by molar-refractivity contribution is 5.99. The molecule has 1 rings (SSSR count). The van der Waals surface area contributed by atoms with E-state index >= 15 is 0 Å². The van der Waals surface area contributed by atoms with Crippen LogP contribution in [-0.4, -0.2) is 31.4 Å². The molecule has 21 heavy (non-hydrogen) atoms. The lowest BCUT2D eigenvalue weighted by molar-refractivity contribution is -0.137. The number of carbonyl (C=O) groups is 1. The van der Waals surface area contributed by atoms with Gasteiger partial charge in [-0.3, -0.25) is 4.79 Å². The zero-order valence-electron chi connectivity index (χ0n) is 12.7. The second-order valence-electron chi connectivity index (χ2n) is 5.21. The van der Waals surface area contributed by atoms with E-state index in [2.05, 4.69) is 5.32 Å². The maximum atomic E-state index is 12.8. The smallest absolute Gasteiger partial charge is 0.387 e. The van der Waals surface area contributed by atoms with Gasteiger partial charge in [-0.25, -0.2) is 0 Å². The highest BCUT2D eigenvalue weighted by atomic mass is 19.4. The maximum absolute atomic E-state index is 12.8. The van der Waals surface area contributed by atoms with Crippen LogP contribution in [0.3, 0.4) is 0 Å². The summed E-state index contributed by atoms with van der Waals surface area (Å²) in [6, 6.07) is 3.16. The van der Waals surface area contributed by atoms with Gasteiger partial charge in [0.1, 0.15) is 0 Å². The average molecular weight is 302 g/mol. The third-order valence-electron chi connectivity index (χ3n) is 3.48. The molecule has 1 amide bonds. The summed E-state index contributed by atoms with van der Waals surface area (Å²) in [4.78, 5) is 13.8. The molecule has 0 saturated carbocycles. The number of benzene rings is 1. The molecule has 0 saturated heterocycles. The van der Waals surface area contributed by atoms with Gasteiger partial charge in [-0.05, 0) is 24.1 Å². The molecule has 0 spiro atoms. The van der Waals surface area contributed by atoms with Crippen molar-refractivity contribution in [2.75, 3.05) is 26.0 Å². The Bertz CT molecular complexity index is 500. The molecule has 0 radical (unpaired) electrons. The first kappa shape index (κ1) is 17.3. The number of rotatable bonds is 5. The van der Waals surface area contributed by atoms with Crippen molar-refractivity contribution in [1.29, 1.82) is 0 Å². The Morgan fingerprint density at radius 1 is 1.38 bits per heavy atom. The van der Waals surface area contributed by atoms with Gasteiger partial charge in [0.05, 0.1) is 11.1 Å². The number of carbonyl (C=O) groups excluding carboxylic acids is 1. The van der Waals surface area contributed by atoms with E-state index in [1.165, 1.54) is 11.0 Å². The summed E-state index contributed by atoms with van der Waals surface area (Å²) >= 11 is 0. The minimum absolute atomic E-state index is 0.0399. The number of alkyl halides is 3. The largest absolute Gasteiger partial charge is 0.416 e. The summed E-state index contributed by atoms with van der Waals surface area (Å²) in [5.74, 6) is -0.117. The Balaban J connectivity index is 3.11. The predicted octanol–water partition coefficient (Wildman–Crippen LogP) is 3.87. The highest BCUT2D eigenvalue weighted by Crippen LogP contribution is 2.32. The molecule has 1 aromatic rings. The van der Waals surface area contributed by atoms with Crippen molar-refractivity contribution < 1.29 is 18.0 Å². The molecule has 1 atom stereocenters. The lowest BCUT2D eigenvalue weighted by Crippen LogP contribution is -2.31. The molecule has 6 heteroatoms. The molecule has 0 fully saturated rings. The molecular formula is C15H21F3N2O. The lowest BCUT2D eigenvalue weighted by Gasteiger charge is -2.22. The summed E-state index contributed by atoms with van der Waals surface area (Å²) in [5.41, 5.74) is -0.385. The number of nitrogens with one attached hydrogen (secondary N) is 1. The van der Waals surface area contributed by atoms with Crippen molar-refractivity contribution in [1.82, 2.24) is 4.90 Å². The van der Waals surface area contributed by atoms with E-state index in [0.29, 0.717) is 18.2 Å². The molecule has 1 unspecified atom stereocenters. The van der Waals surface area contributed by atoms with Gasteiger partial charge < -0.3 is 10.2 Å². The van der Waals surface area contributed by atoms with Crippen LogP contribution in [0.4, 0.5) is 18.9 Å². The first-order chi connectivity index (χ1) is 9.70. The zero-order chi connectivity index (χ0) is 16.2. The van der Waals surface area contributed by atoms with Crippen LogP contribution in [0, 0.1) is 5.92 Å². The van der Waals surface area contributed by atoms with Crippen LogP contribution >= 0.6 is 0 Å². The fourth-order valence-electron chi connectivity index (χ4n) is 2.00. The minimum Gasteiger partial charge on any atom is -0.387 e. The topological polar surface area (TPSA) is 32.3 Å². The zero-order valence-corrected chi connectivity index (χ0v) is 12.7. The summed E-state index contributed by atoms with van der Waals surface area (Å²) in [6.07, 6.45) is -3.56. The van der Waals surface area contributed by atoms with Crippen LogP contribution in [0.5, 0.6) is 0 Å². The number of nitrogens with zero attached hydrogens (tertiary/aromatic N) is 1. The molecular weight excluding hydrogens is 281 g/mol. The number of halogens is 3. The lowest BCUT2D eigenvalue weighted by atomic mass is 10.1. The molecule has 0 aromatic heterocycles. The van der Waals surface area contributed by atoms with Crippen molar-refractivity contribution in [2.45, 2.75) is 26.4 Å². The Morgan fingerprint density at radius 2 is 2.00 bits per heavy atom. The van der Waals surface area contributed by atoms with Crippen LogP contribution in [0.2, 0.25) is 0 Å². The van der Waals surface area contributed by atoms with Crippen molar-refractivity contribution in [2.24, 2.45) is 5.92 Å². The van der Waals surface area contributed by atoms with Crippen molar-refractivity contribution >= 4 is 11.6 Å². The second-order valence-corrected chi connectivity index (χ2v) is 5.21. The molecule has 0 aliphatic carbocycles. The average Bonchev–Trinajstić information content (AvgIpc) is 2.44. The van der Waals surface area contributed by atoms with E-state index in [1.54, 1.807) is 14.1 Å². The molecule has 118 valence electrons. The summed E-state index contributed by atoms with van der Waals surface area (Å²) in [7, 11) is 3.18. The van der Waals surface area contributed by atoms with Gasteiger partial charge in [0.15, 0.2) is 0 Å². The van der Waals surface area contributed by atoms with E-state index in [0.717, 1.165) is 18.6 Å². The van der Waals surface area contributed by atoms with Crippen LogP contribution in [0.1, 0.15) is 36.2 Å². The Hall–Kier alpha value is -1.72. The number of anilines is 1. The van der Waals surface area contributed by atoms with Crippen LogP contribution < -0.4 is 5.32 Å². The van der Waals surface area contributed by atoms with Gasteiger partial charge in [0, 0.05) is 26.3 Å². The van der Waals surface area contributed by atoms with Gasteiger partial charge >= 0.3 is 6.18 Å². The third kappa shape index (κ3) is 4.37. The van der Waals surface area contributed by atoms with E-state index in [1.807, 2.05) is 13.8 Å². The van der Waals surface area contributed by atoms with Crippen molar-refractivity contribution in [3.63, 3.8) is 0 Å². The van der Waals surface area contributed by atoms with Gasteiger partial charge in [-0.2, -0.15) is 13.2 Å². The van der Waals surface area contributed by atoms with E-state index in [4.69, 9.17) is 0 Å². The van der Waals surface area contributed by atoms with E-state index in [9.17, 15) is 18.0 Å². The van der Waals surface area contributed by atoms with Crippen molar-refractivity contribution in [3.8, 4) is 0 Å². The summed E-state index contributed by atoms with van der Waals surface area (Å²) in [6.45, 7) is 4.51. The number of hydrogen-bond donors (Lipinski definition) is 1. The number of hydrogen-bond acceptors (Lipinski definition) is 2. The molecule has 0 bridgehead atoms. The SMILES string of the molecule is CCC(C)CN(C)C(=O)c1cc(C(F)(F)F)ccc1NC. The quantitative estimate of drug-likeness (QED) is 0.895. The van der Waals surface area contributed by atoms with Gasteiger partial charge in [0.2, 0.25) is 0 Å². The fourth-order valence-corrected chi connectivity index (χ4v) is 2.00. The molecule has 0 heterocycles. The second kappa shape index (κ2) is 6.83. The Kier molecular flexibility index (Phi) is 5.63. The summed E-state index contributed by atoms with van der Waals surface area (Å²) in [5, 5.41) is 2.76. The van der Waals surface area contributed by atoms with E-state index in [-0.39, 0.29) is 5.56 Å². The van der Waals surface area contributed by atoms with Gasteiger partial charge in [-0.15, -0.1) is 0 Å². The number of amides is 1. The Labute approximate surface area is 123 Å². The highest BCUT2D eigenvalue weighted by Gasteiger charge is 2.32. The molecule has 1 aromatic carbocycles. The van der Waals surface area contributed by atoms with Gasteiger partial charge in [-0.1, -0.05) is 20.3 Å². The maximum Gasteiger partial charge on any atom is 0.416 e. The van der Waals surface area contributed by atoms with Crippen molar-refractivity contribution in [3.05, 3.63) is 29.3 Å². The van der Waals surface area contributed by atoms with Crippen LogP contribution in [0.25, 0.3) is 0 Å². The molecule has 1 N–H and O–H groups in total. The molecule has 0 aliphatic rings. The Morgan fingerprint density at radius 3 is 2.48 bits per heavy atom. The van der Waals surface area contributed by atoms with Crippen LogP contribution in [0.15, 0.2) is 18.2 Å². The third-order valence-corrected chi connectivity index (χ3v) is 3.48. The molecule has 0 aliphatic heterocycles. The van der Waals surface area contributed by atoms with Crippen LogP contribution in [-0.2, 0) is 6.18 Å². The normalized spacial score (nSPS) is 12.9. The molecule has 3 nitrogen and oxygen atoms in total. The fraction of sp³-hybridized carbons (Fsp3) is 0.533. The minimum atomic E-state index is -4.46.